The summed E-state index contributed by atoms with van der Waals surface area (Å²) in [6.45, 7) is 1.49. The van der Waals surface area contributed by atoms with Crippen molar-refractivity contribution in [3.8, 4) is 0 Å². The quantitative estimate of drug-likeness (QED) is 0.712. The van der Waals surface area contributed by atoms with Crippen LogP contribution >= 0.6 is 0 Å². The molecule has 1 heterocycles. The molecule has 0 spiro atoms. The van der Waals surface area contributed by atoms with Crippen LogP contribution in [-0.4, -0.2) is 31.2 Å². The van der Waals surface area contributed by atoms with Gasteiger partial charge < -0.3 is 15.8 Å². The van der Waals surface area contributed by atoms with Crippen molar-refractivity contribution in [1.82, 2.24) is 5.32 Å². The maximum Gasteiger partial charge on any atom is 0.237 e. The zero-order valence-corrected chi connectivity index (χ0v) is 9.08. The van der Waals surface area contributed by atoms with Crippen LogP contribution in [0.25, 0.3) is 0 Å². The van der Waals surface area contributed by atoms with Gasteiger partial charge in [0.1, 0.15) is 0 Å². The summed E-state index contributed by atoms with van der Waals surface area (Å²) in [5.74, 6) is 0.338. The van der Waals surface area contributed by atoms with E-state index in [1.165, 1.54) is 6.42 Å². The standard InChI is InChI=1S/C11H20N2O2/c12-10(8-4-6-15-7-5-8)11(14)13-9-2-1-3-9/h8-10H,1-7,12H2,(H,13,14). The van der Waals surface area contributed by atoms with Gasteiger partial charge in [0.2, 0.25) is 5.91 Å². The number of carbonyl (C=O) groups excluding carboxylic acids is 1. The Morgan fingerprint density at radius 1 is 1.27 bits per heavy atom. The van der Waals surface area contributed by atoms with E-state index in [9.17, 15) is 4.79 Å². The molecular formula is C11H20N2O2. The van der Waals surface area contributed by atoms with E-state index in [-0.39, 0.29) is 11.9 Å². The summed E-state index contributed by atoms with van der Waals surface area (Å²) in [6.07, 6.45) is 5.30. The molecule has 0 aromatic carbocycles. The summed E-state index contributed by atoms with van der Waals surface area (Å²) in [6, 6.07) is 0.0536. The van der Waals surface area contributed by atoms with Gasteiger partial charge in [-0.25, -0.2) is 0 Å². The molecule has 4 nitrogen and oxygen atoms in total. The van der Waals surface area contributed by atoms with E-state index in [0.717, 1.165) is 38.9 Å². The van der Waals surface area contributed by atoms with Crippen LogP contribution in [0.4, 0.5) is 0 Å². The van der Waals surface area contributed by atoms with Crippen LogP contribution in [0.15, 0.2) is 0 Å². The fourth-order valence-corrected chi connectivity index (χ4v) is 2.14. The van der Waals surface area contributed by atoms with Crippen LogP contribution in [0.2, 0.25) is 0 Å². The van der Waals surface area contributed by atoms with Gasteiger partial charge in [-0.3, -0.25) is 4.79 Å². The Labute approximate surface area is 90.5 Å². The van der Waals surface area contributed by atoms with E-state index in [2.05, 4.69) is 5.32 Å². The molecule has 2 fully saturated rings. The fraction of sp³-hybridized carbons (Fsp3) is 0.909. The number of ether oxygens (including phenoxy) is 1. The molecule has 15 heavy (non-hydrogen) atoms. The molecule has 3 N–H and O–H groups in total. The average Bonchev–Trinajstić information content (AvgIpc) is 2.23. The predicted octanol–water partition coefficient (Wildman–Crippen LogP) is 0.409. The van der Waals surface area contributed by atoms with Crippen LogP contribution in [0.1, 0.15) is 32.1 Å². The zero-order chi connectivity index (χ0) is 10.7. The molecule has 4 heteroatoms. The highest BCUT2D eigenvalue weighted by molar-refractivity contribution is 5.82. The first kappa shape index (κ1) is 10.9. The topological polar surface area (TPSA) is 64.4 Å². The number of amides is 1. The lowest BCUT2D eigenvalue weighted by atomic mass is 9.89. The summed E-state index contributed by atoms with van der Waals surface area (Å²) >= 11 is 0. The van der Waals surface area contributed by atoms with Crippen molar-refractivity contribution < 1.29 is 9.53 Å². The maximum atomic E-state index is 11.8. The molecule has 2 aliphatic rings. The fourth-order valence-electron chi connectivity index (χ4n) is 2.14. The molecule has 2 rings (SSSR count). The average molecular weight is 212 g/mol. The Hall–Kier alpha value is -0.610. The Kier molecular flexibility index (Phi) is 3.59. The lowest BCUT2D eigenvalue weighted by Crippen LogP contribution is -2.51. The highest BCUT2D eigenvalue weighted by Gasteiger charge is 2.29. The van der Waals surface area contributed by atoms with Gasteiger partial charge in [-0.15, -0.1) is 0 Å². The Morgan fingerprint density at radius 2 is 1.93 bits per heavy atom. The Balaban J connectivity index is 1.77. The van der Waals surface area contributed by atoms with Crippen LogP contribution in [0, 0.1) is 5.92 Å². The number of carbonyl (C=O) groups is 1. The van der Waals surface area contributed by atoms with Gasteiger partial charge in [-0.1, -0.05) is 0 Å². The smallest absolute Gasteiger partial charge is 0.237 e. The zero-order valence-electron chi connectivity index (χ0n) is 9.08. The third-order valence-electron chi connectivity index (χ3n) is 3.53. The van der Waals surface area contributed by atoms with E-state index in [1.54, 1.807) is 0 Å². The third-order valence-corrected chi connectivity index (χ3v) is 3.53. The van der Waals surface area contributed by atoms with Crippen molar-refractivity contribution in [3.05, 3.63) is 0 Å². The normalized spacial score (nSPS) is 25.7. The van der Waals surface area contributed by atoms with Crippen molar-refractivity contribution in [2.45, 2.75) is 44.2 Å². The highest BCUT2D eigenvalue weighted by atomic mass is 16.5. The number of rotatable bonds is 3. The first-order chi connectivity index (χ1) is 7.27. The SMILES string of the molecule is NC(C(=O)NC1CCC1)C1CCOCC1. The van der Waals surface area contributed by atoms with Crippen molar-refractivity contribution in [2.75, 3.05) is 13.2 Å². The molecule has 0 aromatic heterocycles. The van der Waals surface area contributed by atoms with Gasteiger partial charge in [0.15, 0.2) is 0 Å². The molecule has 1 saturated carbocycles. The molecule has 1 atom stereocenters. The molecule has 0 aromatic rings. The van der Waals surface area contributed by atoms with Crippen LogP contribution in [0.3, 0.4) is 0 Å². The van der Waals surface area contributed by atoms with Crippen molar-refractivity contribution in [1.29, 1.82) is 0 Å². The number of nitrogens with two attached hydrogens (primary N) is 1. The molecule has 0 radical (unpaired) electrons. The number of hydrogen-bond donors (Lipinski definition) is 2. The van der Waals surface area contributed by atoms with Crippen LogP contribution < -0.4 is 11.1 Å². The van der Waals surface area contributed by atoms with Crippen molar-refractivity contribution >= 4 is 5.91 Å². The molecule has 86 valence electrons. The van der Waals surface area contributed by atoms with E-state index < -0.39 is 0 Å². The molecule has 1 unspecified atom stereocenters. The highest BCUT2D eigenvalue weighted by Crippen LogP contribution is 2.20. The van der Waals surface area contributed by atoms with Crippen molar-refractivity contribution in [3.63, 3.8) is 0 Å². The summed E-state index contributed by atoms with van der Waals surface area (Å²) < 4.78 is 5.26. The summed E-state index contributed by atoms with van der Waals surface area (Å²) in [4.78, 5) is 11.8. The van der Waals surface area contributed by atoms with E-state index >= 15 is 0 Å². The molecule has 1 amide bonds. The minimum atomic E-state index is -0.338. The first-order valence-corrected chi connectivity index (χ1v) is 5.91. The second kappa shape index (κ2) is 4.94. The molecule has 1 aliphatic heterocycles. The van der Waals surface area contributed by atoms with Crippen LogP contribution in [-0.2, 0) is 9.53 Å². The van der Waals surface area contributed by atoms with E-state index in [4.69, 9.17) is 10.5 Å². The monoisotopic (exact) mass is 212 g/mol. The largest absolute Gasteiger partial charge is 0.381 e. The Bertz CT molecular complexity index is 223. The van der Waals surface area contributed by atoms with E-state index in [0.29, 0.717) is 12.0 Å². The van der Waals surface area contributed by atoms with E-state index in [1.807, 2.05) is 0 Å². The lowest BCUT2D eigenvalue weighted by Gasteiger charge is -2.31. The number of nitrogens with one attached hydrogen (secondary N) is 1. The van der Waals surface area contributed by atoms with Crippen LogP contribution in [0.5, 0.6) is 0 Å². The summed E-state index contributed by atoms with van der Waals surface area (Å²) in [7, 11) is 0. The minimum absolute atomic E-state index is 0.0339. The Morgan fingerprint density at radius 3 is 2.47 bits per heavy atom. The molecule has 0 bridgehead atoms. The summed E-state index contributed by atoms with van der Waals surface area (Å²) in [5, 5.41) is 3.01. The van der Waals surface area contributed by atoms with Gasteiger partial charge in [0.25, 0.3) is 0 Å². The second-order valence-electron chi connectivity index (χ2n) is 4.61. The van der Waals surface area contributed by atoms with Gasteiger partial charge >= 0.3 is 0 Å². The first-order valence-electron chi connectivity index (χ1n) is 5.91. The third kappa shape index (κ3) is 2.69. The predicted molar refractivity (Wildman–Crippen MR) is 57.3 cm³/mol. The minimum Gasteiger partial charge on any atom is -0.381 e. The molecule has 1 saturated heterocycles. The van der Waals surface area contributed by atoms with Gasteiger partial charge in [-0.05, 0) is 38.0 Å². The van der Waals surface area contributed by atoms with Gasteiger partial charge in [0, 0.05) is 19.3 Å². The van der Waals surface area contributed by atoms with Gasteiger partial charge in [-0.2, -0.15) is 0 Å². The summed E-state index contributed by atoms with van der Waals surface area (Å²) in [5.41, 5.74) is 5.95. The lowest BCUT2D eigenvalue weighted by molar-refractivity contribution is -0.125. The number of hydrogen-bond acceptors (Lipinski definition) is 3. The van der Waals surface area contributed by atoms with Gasteiger partial charge in [0.05, 0.1) is 6.04 Å². The second-order valence-corrected chi connectivity index (χ2v) is 4.61. The molecular weight excluding hydrogens is 192 g/mol. The maximum absolute atomic E-state index is 11.8. The molecule has 1 aliphatic carbocycles. The van der Waals surface area contributed by atoms with Crippen molar-refractivity contribution in [2.24, 2.45) is 11.7 Å².